The third kappa shape index (κ3) is 1.64. The Hall–Kier alpha value is -1.70. The van der Waals surface area contributed by atoms with Crippen LogP contribution in [-0.4, -0.2) is 9.97 Å². The molecule has 0 saturated carbocycles. The van der Waals surface area contributed by atoms with Crippen LogP contribution in [0.4, 0.5) is 0 Å². The second kappa shape index (κ2) is 3.66. The van der Waals surface area contributed by atoms with E-state index in [0.717, 1.165) is 6.42 Å². The van der Waals surface area contributed by atoms with Gasteiger partial charge in [-0.1, -0.05) is 20.8 Å². The average molecular weight is 226 g/mol. The van der Waals surface area contributed by atoms with Crippen molar-refractivity contribution in [3.05, 3.63) is 35.7 Å². The van der Waals surface area contributed by atoms with Crippen molar-refractivity contribution in [3.8, 4) is 0 Å². The van der Waals surface area contributed by atoms with Gasteiger partial charge in [0.25, 0.3) is 0 Å². The maximum Gasteiger partial charge on any atom is 0.0463 e. The number of nitrogens with one attached hydrogen (secondary N) is 2. The van der Waals surface area contributed by atoms with Crippen LogP contribution in [0.25, 0.3) is 21.8 Å². The SMILES string of the molecule is CCc1cc2cc3[nH]c(C(C)C)cc3cc2[nH]1. The minimum absolute atomic E-state index is 0.548. The molecule has 2 heteroatoms. The summed E-state index contributed by atoms with van der Waals surface area (Å²) in [7, 11) is 0. The van der Waals surface area contributed by atoms with Crippen molar-refractivity contribution in [1.29, 1.82) is 0 Å². The van der Waals surface area contributed by atoms with Gasteiger partial charge in [-0.25, -0.2) is 0 Å². The van der Waals surface area contributed by atoms with Crippen molar-refractivity contribution in [2.75, 3.05) is 0 Å². The van der Waals surface area contributed by atoms with Crippen molar-refractivity contribution >= 4 is 21.8 Å². The Morgan fingerprint density at radius 3 is 2.24 bits per heavy atom. The van der Waals surface area contributed by atoms with Crippen LogP contribution in [-0.2, 0) is 6.42 Å². The molecule has 0 aliphatic rings. The molecule has 17 heavy (non-hydrogen) atoms. The molecule has 2 aromatic heterocycles. The number of hydrogen-bond donors (Lipinski definition) is 2. The van der Waals surface area contributed by atoms with Gasteiger partial charge in [-0.15, -0.1) is 0 Å². The molecule has 3 aromatic rings. The molecule has 0 fully saturated rings. The van der Waals surface area contributed by atoms with Gasteiger partial charge < -0.3 is 9.97 Å². The highest BCUT2D eigenvalue weighted by Gasteiger charge is 2.07. The van der Waals surface area contributed by atoms with E-state index in [1.54, 1.807) is 0 Å². The lowest BCUT2D eigenvalue weighted by Gasteiger charge is -1.97. The van der Waals surface area contributed by atoms with Crippen LogP contribution in [0.3, 0.4) is 0 Å². The monoisotopic (exact) mass is 226 g/mol. The second-order valence-corrected chi connectivity index (χ2v) is 5.05. The molecular weight excluding hydrogens is 208 g/mol. The zero-order chi connectivity index (χ0) is 12.0. The van der Waals surface area contributed by atoms with Crippen molar-refractivity contribution in [3.63, 3.8) is 0 Å². The first-order valence-electron chi connectivity index (χ1n) is 6.31. The maximum absolute atomic E-state index is 3.50. The lowest BCUT2D eigenvalue weighted by molar-refractivity contribution is 0.836. The van der Waals surface area contributed by atoms with Gasteiger partial charge in [0, 0.05) is 33.2 Å². The molecule has 0 atom stereocenters. The number of fused-ring (bicyclic) bond motifs is 2. The molecule has 0 saturated heterocycles. The number of aryl methyl sites for hydroxylation is 1. The molecule has 0 aliphatic heterocycles. The molecule has 0 radical (unpaired) electrons. The van der Waals surface area contributed by atoms with Crippen LogP contribution in [0.2, 0.25) is 0 Å². The predicted octanol–water partition coefficient (Wildman–Crippen LogP) is 4.34. The Kier molecular flexibility index (Phi) is 2.25. The summed E-state index contributed by atoms with van der Waals surface area (Å²) in [5.41, 5.74) is 5.09. The van der Waals surface area contributed by atoms with Crippen LogP contribution < -0.4 is 0 Å². The van der Waals surface area contributed by atoms with Crippen LogP contribution >= 0.6 is 0 Å². The van der Waals surface area contributed by atoms with Gasteiger partial charge in [-0.2, -0.15) is 0 Å². The summed E-state index contributed by atoms with van der Waals surface area (Å²) in [4.78, 5) is 6.96. The number of rotatable bonds is 2. The summed E-state index contributed by atoms with van der Waals surface area (Å²) < 4.78 is 0. The van der Waals surface area contributed by atoms with Crippen LogP contribution in [0.15, 0.2) is 24.3 Å². The topological polar surface area (TPSA) is 31.6 Å². The van der Waals surface area contributed by atoms with Gasteiger partial charge in [0.2, 0.25) is 0 Å². The fraction of sp³-hybridized carbons (Fsp3) is 0.333. The standard InChI is InChI=1S/C15H18N2/c1-4-12-5-10-7-15-11(8-14(10)16-12)6-13(17-15)9(2)3/h5-9,16-17H,4H2,1-3H3. The number of hydrogen-bond acceptors (Lipinski definition) is 0. The summed E-state index contributed by atoms with van der Waals surface area (Å²) in [6.07, 6.45) is 1.06. The number of aromatic nitrogens is 2. The molecule has 2 heterocycles. The Morgan fingerprint density at radius 2 is 1.59 bits per heavy atom. The Labute approximate surface area is 101 Å². The third-order valence-corrected chi connectivity index (χ3v) is 3.44. The number of aromatic amines is 2. The fourth-order valence-electron chi connectivity index (χ4n) is 2.35. The second-order valence-electron chi connectivity index (χ2n) is 5.05. The summed E-state index contributed by atoms with van der Waals surface area (Å²) in [5, 5.41) is 2.59. The van der Waals surface area contributed by atoms with Crippen LogP contribution in [0.1, 0.15) is 38.1 Å². The Morgan fingerprint density at radius 1 is 0.941 bits per heavy atom. The minimum atomic E-state index is 0.548. The molecular formula is C15H18N2. The largest absolute Gasteiger partial charge is 0.358 e. The Bertz CT molecular complexity index is 620. The summed E-state index contributed by atoms with van der Waals surface area (Å²) in [6, 6.07) is 8.98. The first-order valence-corrected chi connectivity index (χ1v) is 6.31. The maximum atomic E-state index is 3.50. The molecule has 0 aliphatic carbocycles. The number of benzene rings is 1. The van der Waals surface area contributed by atoms with Crippen molar-refractivity contribution in [2.24, 2.45) is 0 Å². The zero-order valence-corrected chi connectivity index (χ0v) is 10.6. The van der Waals surface area contributed by atoms with Crippen LogP contribution in [0, 0.1) is 0 Å². The van der Waals surface area contributed by atoms with Crippen molar-refractivity contribution in [1.82, 2.24) is 9.97 Å². The predicted molar refractivity (Wildman–Crippen MR) is 73.6 cm³/mol. The Balaban J connectivity index is 2.24. The van der Waals surface area contributed by atoms with E-state index in [4.69, 9.17) is 0 Å². The van der Waals surface area contributed by atoms with E-state index in [9.17, 15) is 0 Å². The highest BCUT2D eigenvalue weighted by molar-refractivity contribution is 5.96. The lowest BCUT2D eigenvalue weighted by atomic mass is 10.1. The molecule has 2 N–H and O–H groups in total. The van der Waals surface area contributed by atoms with Gasteiger partial charge >= 0.3 is 0 Å². The molecule has 1 aromatic carbocycles. The van der Waals surface area contributed by atoms with E-state index in [2.05, 4.69) is 55.0 Å². The molecule has 0 unspecified atom stereocenters. The van der Waals surface area contributed by atoms with Gasteiger partial charge in [0.05, 0.1) is 0 Å². The molecule has 0 amide bonds. The normalized spacial score (nSPS) is 12.0. The molecule has 0 spiro atoms. The third-order valence-electron chi connectivity index (χ3n) is 3.44. The highest BCUT2D eigenvalue weighted by atomic mass is 14.7. The lowest BCUT2D eigenvalue weighted by Crippen LogP contribution is -1.84. The van der Waals surface area contributed by atoms with E-state index in [0.29, 0.717) is 5.92 Å². The first kappa shape index (κ1) is 10.5. The summed E-state index contributed by atoms with van der Waals surface area (Å²) in [6.45, 7) is 6.60. The van der Waals surface area contributed by atoms with Gasteiger partial charge in [-0.3, -0.25) is 0 Å². The van der Waals surface area contributed by atoms with Crippen molar-refractivity contribution in [2.45, 2.75) is 33.1 Å². The first-order chi connectivity index (χ1) is 8.17. The molecule has 88 valence electrons. The van der Waals surface area contributed by atoms with E-state index in [1.165, 1.54) is 33.2 Å². The van der Waals surface area contributed by atoms with Crippen LogP contribution in [0.5, 0.6) is 0 Å². The van der Waals surface area contributed by atoms with Crippen molar-refractivity contribution < 1.29 is 0 Å². The summed E-state index contributed by atoms with van der Waals surface area (Å²) >= 11 is 0. The van der Waals surface area contributed by atoms with E-state index in [-0.39, 0.29) is 0 Å². The van der Waals surface area contributed by atoms with E-state index >= 15 is 0 Å². The van der Waals surface area contributed by atoms with Gasteiger partial charge in [0.1, 0.15) is 0 Å². The molecule has 2 nitrogen and oxygen atoms in total. The smallest absolute Gasteiger partial charge is 0.0463 e. The molecule has 0 bridgehead atoms. The highest BCUT2D eigenvalue weighted by Crippen LogP contribution is 2.26. The average Bonchev–Trinajstić information content (AvgIpc) is 2.87. The zero-order valence-electron chi connectivity index (χ0n) is 10.6. The minimum Gasteiger partial charge on any atom is -0.358 e. The molecule has 3 rings (SSSR count). The quantitative estimate of drug-likeness (QED) is 0.651. The fourth-order valence-corrected chi connectivity index (χ4v) is 2.35. The number of H-pyrrole nitrogens is 2. The van der Waals surface area contributed by atoms with E-state index < -0.39 is 0 Å². The van der Waals surface area contributed by atoms with Gasteiger partial charge in [0.15, 0.2) is 0 Å². The van der Waals surface area contributed by atoms with E-state index in [1.807, 2.05) is 0 Å². The van der Waals surface area contributed by atoms with Gasteiger partial charge in [-0.05, 0) is 36.6 Å². The summed E-state index contributed by atoms with van der Waals surface area (Å²) in [5.74, 6) is 0.548.